The maximum Gasteiger partial charge on any atom is 0.231 e. The highest BCUT2D eigenvalue weighted by molar-refractivity contribution is 6.35. The molecule has 30 heavy (non-hydrogen) atoms. The highest BCUT2D eigenvalue weighted by atomic mass is 35.5. The molecule has 3 aromatic carbocycles. The van der Waals surface area contributed by atoms with Crippen LogP contribution in [0.2, 0.25) is 10.0 Å². The molecule has 1 N–H and O–H groups in total. The predicted octanol–water partition coefficient (Wildman–Crippen LogP) is 7.54. The number of halogens is 2. The summed E-state index contributed by atoms with van der Waals surface area (Å²) < 4.78 is 5.92. The molecule has 0 unspecified atom stereocenters. The van der Waals surface area contributed by atoms with Crippen molar-refractivity contribution in [1.29, 1.82) is 0 Å². The van der Waals surface area contributed by atoms with Crippen LogP contribution in [0, 0.1) is 13.8 Å². The first-order valence-corrected chi connectivity index (χ1v) is 10.0. The third-order valence-corrected chi connectivity index (χ3v) is 5.14. The van der Waals surface area contributed by atoms with Gasteiger partial charge in [-0.1, -0.05) is 41.4 Å². The van der Waals surface area contributed by atoms with Crippen molar-refractivity contribution < 1.29 is 9.52 Å². The van der Waals surface area contributed by atoms with E-state index in [0.717, 1.165) is 22.2 Å². The van der Waals surface area contributed by atoms with E-state index in [1.165, 1.54) is 0 Å². The number of aromatic nitrogens is 1. The molecule has 0 radical (unpaired) electrons. The van der Waals surface area contributed by atoms with E-state index in [1.54, 1.807) is 42.6 Å². The van der Waals surface area contributed by atoms with Crippen molar-refractivity contribution in [3.05, 3.63) is 81.3 Å². The summed E-state index contributed by atoms with van der Waals surface area (Å²) in [4.78, 5) is 8.96. The summed E-state index contributed by atoms with van der Waals surface area (Å²) in [7, 11) is 0. The maximum absolute atomic E-state index is 10.3. The third-order valence-electron chi connectivity index (χ3n) is 4.58. The number of allylic oxidation sites excluding steroid dienone is 1. The number of oxazole rings is 1. The molecule has 4 aromatic rings. The van der Waals surface area contributed by atoms with Gasteiger partial charge in [-0.2, -0.15) is 0 Å². The third kappa shape index (κ3) is 4.25. The van der Waals surface area contributed by atoms with E-state index in [-0.39, 0.29) is 5.75 Å². The highest BCUT2D eigenvalue weighted by Gasteiger charge is 2.14. The first-order chi connectivity index (χ1) is 14.4. The number of fused-ring (bicyclic) bond motifs is 1. The van der Waals surface area contributed by atoms with Crippen LogP contribution < -0.4 is 0 Å². The fourth-order valence-electron chi connectivity index (χ4n) is 3.18. The van der Waals surface area contributed by atoms with Crippen molar-refractivity contribution in [2.24, 2.45) is 4.99 Å². The molecule has 1 aromatic heterocycles. The second-order valence-corrected chi connectivity index (χ2v) is 7.80. The van der Waals surface area contributed by atoms with Crippen molar-refractivity contribution in [1.82, 2.24) is 4.98 Å². The van der Waals surface area contributed by atoms with Gasteiger partial charge in [0.25, 0.3) is 0 Å². The minimum atomic E-state index is 0.0818. The van der Waals surface area contributed by atoms with Gasteiger partial charge in [0, 0.05) is 16.3 Å². The number of hydrogen-bond acceptors (Lipinski definition) is 4. The summed E-state index contributed by atoms with van der Waals surface area (Å²) in [6.07, 6.45) is 5.28. The Bertz CT molecular complexity index is 1310. The monoisotopic (exact) mass is 436 g/mol. The minimum Gasteiger partial charge on any atom is -0.507 e. The molecule has 0 aliphatic heterocycles. The molecule has 0 saturated carbocycles. The Hall–Kier alpha value is -3.08. The average molecular weight is 437 g/mol. The number of phenols is 1. The second kappa shape index (κ2) is 8.34. The van der Waals surface area contributed by atoms with Crippen molar-refractivity contribution in [2.75, 3.05) is 0 Å². The molecular weight excluding hydrogens is 419 g/mol. The SMILES string of the molecule is Cc1cc(C)c2oc(-c3cc(N=CC=Cc4ccc(Cl)cc4Cl)ccc3O)nc2c1. The Kier molecular flexibility index (Phi) is 5.62. The van der Waals surface area contributed by atoms with E-state index in [0.29, 0.717) is 32.8 Å². The van der Waals surface area contributed by atoms with Crippen LogP contribution >= 0.6 is 23.2 Å². The number of aromatic hydroxyl groups is 1. The Balaban J connectivity index is 1.61. The molecule has 4 nitrogen and oxygen atoms in total. The van der Waals surface area contributed by atoms with Crippen molar-refractivity contribution in [3.8, 4) is 17.2 Å². The van der Waals surface area contributed by atoms with Gasteiger partial charge >= 0.3 is 0 Å². The molecule has 0 bridgehead atoms. The van der Waals surface area contributed by atoms with Crippen LogP contribution in [0.15, 0.2) is 64.0 Å². The fraction of sp³-hybridized carbons (Fsp3) is 0.0833. The lowest BCUT2D eigenvalue weighted by atomic mass is 10.1. The molecule has 0 aliphatic rings. The summed E-state index contributed by atoms with van der Waals surface area (Å²) in [5, 5.41) is 11.5. The van der Waals surface area contributed by atoms with Gasteiger partial charge in [0.1, 0.15) is 11.3 Å². The van der Waals surface area contributed by atoms with Crippen LogP contribution in [0.5, 0.6) is 5.75 Å². The number of phenolic OH excluding ortho intramolecular Hbond substituents is 1. The number of aryl methyl sites for hydroxylation is 2. The Morgan fingerprint density at radius 1 is 1.03 bits per heavy atom. The van der Waals surface area contributed by atoms with Crippen LogP contribution in [-0.2, 0) is 0 Å². The van der Waals surface area contributed by atoms with Gasteiger partial charge in [-0.15, -0.1) is 0 Å². The largest absolute Gasteiger partial charge is 0.507 e. The van der Waals surface area contributed by atoms with Gasteiger partial charge in [-0.3, -0.25) is 4.99 Å². The van der Waals surface area contributed by atoms with Crippen LogP contribution in [0.3, 0.4) is 0 Å². The van der Waals surface area contributed by atoms with Gasteiger partial charge < -0.3 is 9.52 Å². The summed E-state index contributed by atoms with van der Waals surface area (Å²) in [5.74, 6) is 0.440. The van der Waals surface area contributed by atoms with Crippen LogP contribution in [0.1, 0.15) is 16.7 Å². The normalized spacial score (nSPS) is 11.9. The zero-order valence-corrected chi connectivity index (χ0v) is 17.9. The summed E-state index contributed by atoms with van der Waals surface area (Å²) in [6.45, 7) is 3.99. The minimum absolute atomic E-state index is 0.0818. The fourth-order valence-corrected chi connectivity index (χ4v) is 3.65. The maximum atomic E-state index is 10.3. The topological polar surface area (TPSA) is 58.6 Å². The predicted molar refractivity (Wildman–Crippen MR) is 124 cm³/mol. The van der Waals surface area contributed by atoms with E-state index >= 15 is 0 Å². The number of rotatable bonds is 4. The molecule has 0 amide bonds. The lowest BCUT2D eigenvalue weighted by Gasteiger charge is -2.01. The van der Waals surface area contributed by atoms with E-state index in [2.05, 4.69) is 9.98 Å². The molecule has 150 valence electrons. The molecule has 0 spiro atoms. The zero-order valence-electron chi connectivity index (χ0n) is 16.4. The summed E-state index contributed by atoms with van der Waals surface area (Å²) in [6, 6.07) is 14.3. The smallest absolute Gasteiger partial charge is 0.231 e. The molecule has 0 saturated heterocycles. The van der Waals surface area contributed by atoms with Crippen molar-refractivity contribution >= 4 is 52.3 Å². The molecule has 0 aliphatic carbocycles. The van der Waals surface area contributed by atoms with Crippen LogP contribution in [0.4, 0.5) is 5.69 Å². The lowest BCUT2D eigenvalue weighted by molar-refractivity contribution is 0.474. The number of benzene rings is 3. The van der Waals surface area contributed by atoms with E-state index < -0.39 is 0 Å². The summed E-state index contributed by atoms with van der Waals surface area (Å²) >= 11 is 12.1. The quantitative estimate of drug-likeness (QED) is 0.336. The first-order valence-electron chi connectivity index (χ1n) is 9.27. The van der Waals surface area contributed by atoms with E-state index in [1.807, 2.05) is 38.1 Å². The van der Waals surface area contributed by atoms with E-state index in [4.69, 9.17) is 27.6 Å². The molecule has 0 fully saturated rings. The van der Waals surface area contributed by atoms with Gasteiger partial charge in [-0.05, 0) is 73.0 Å². The Labute approximate surface area is 184 Å². The first kappa shape index (κ1) is 20.2. The summed E-state index contributed by atoms with van der Waals surface area (Å²) in [5.41, 5.74) is 5.58. The molecular formula is C24H18Cl2N2O2. The molecule has 0 atom stereocenters. The van der Waals surface area contributed by atoms with Crippen molar-refractivity contribution in [2.45, 2.75) is 13.8 Å². The van der Waals surface area contributed by atoms with Gasteiger partial charge in [0.05, 0.1) is 11.3 Å². The number of aliphatic imine (C=N–C) groups is 1. The van der Waals surface area contributed by atoms with Gasteiger partial charge in [-0.25, -0.2) is 4.98 Å². The number of nitrogens with zero attached hydrogens (tertiary/aromatic N) is 2. The molecule has 4 rings (SSSR count). The van der Waals surface area contributed by atoms with E-state index in [9.17, 15) is 5.11 Å². The Morgan fingerprint density at radius 2 is 1.87 bits per heavy atom. The molecule has 6 heteroatoms. The number of hydrogen-bond donors (Lipinski definition) is 1. The highest BCUT2D eigenvalue weighted by Crippen LogP contribution is 2.35. The lowest BCUT2D eigenvalue weighted by Crippen LogP contribution is -1.80. The molecule has 1 heterocycles. The standard InChI is InChI=1S/C24H18Cl2N2O2/c1-14-10-15(2)23-21(11-14)28-24(30-23)19-13-18(7-8-22(19)29)27-9-3-4-16-5-6-17(25)12-20(16)26/h3-13,29H,1-2H3. The second-order valence-electron chi connectivity index (χ2n) is 6.95. The average Bonchev–Trinajstić information content (AvgIpc) is 3.12. The van der Waals surface area contributed by atoms with Gasteiger partial charge in [0.15, 0.2) is 5.58 Å². The van der Waals surface area contributed by atoms with Gasteiger partial charge in [0.2, 0.25) is 5.89 Å². The van der Waals surface area contributed by atoms with Crippen LogP contribution in [0.25, 0.3) is 28.6 Å². The zero-order chi connectivity index (χ0) is 21.3. The Morgan fingerprint density at radius 3 is 2.67 bits per heavy atom. The van der Waals surface area contributed by atoms with Crippen molar-refractivity contribution in [3.63, 3.8) is 0 Å². The van der Waals surface area contributed by atoms with Crippen LogP contribution in [-0.4, -0.2) is 16.3 Å².